The molecule has 0 aliphatic rings. The van der Waals surface area contributed by atoms with Crippen molar-refractivity contribution in [3.8, 4) is 0 Å². The van der Waals surface area contributed by atoms with Crippen molar-refractivity contribution in [2.24, 2.45) is 0 Å². The Morgan fingerprint density at radius 2 is 1.92 bits per heavy atom. The van der Waals surface area contributed by atoms with Gasteiger partial charge in [0.2, 0.25) is 5.91 Å². The zero-order chi connectivity index (χ0) is 17.8. The number of carbonyl (C=O) groups excluding carboxylic acids is 1. The minimum atomic E-state index is -0.437. The molecule has 2 aromatic carbocycles. The fourth-order valence-corrected chi connectivity index (χ4v) is 3.01. The Kier molecular flexibility index (Phi) is 5.19. The van der Waals surface area contributed by atoms with Gasteiger partial charge >= 0.3 is 0 Å². The van der Waals surface area contributed by atoms with Crippen LogP contribution >= 0.6 is 11.6 Å². The monoisotopic (exact) mass is 356 g/mol. The number of amides is 1. The Balaban J connectivity index is 1.82. The molecule has 0 saturated heterocycles. The van der Waals surface area contributed by atoms with E-state index in [1.54, 1.807) is 0 Å². The molecule has 0 unspecified atom stereocenters. The molecular formula is C20H18ClFN2O. The first-order valence-electron chi connectivity index (χ1n) is 7.97. The summed E-state index contributed by atoms with van der Waals surface area (Å²) in [6.07, 6.45) is 4.11. The van der Waals surface area contributed by atoms with Crippen LogP contribution in [0.4, 0.5) is 10.1 Å². The molecule has 128 valence electrons. The molecule has 3 aromatic rings. The summed E-state index contributed by atoms with van der Waals surface area (Å²) in [4.78, 5) is 12.5. The van der Waals surface area contributed by atoms with E-state index < -0.39 is 5.82 Å². The Labute approximate surface area is 151 Å². The summed E-state index contributed by atoms with van der Waals surface area (Å²) in [6, 6.07) is 15.7. The highest BCUT2D eigenvalue weighted by molar-refractivity contribution is 6.33. The van der Waals surface area contributed by atoms with Crippen molar-refractivity contribution in [2.75, 3.05) is 5.32 Å². The van der Waals surface area contributed by atoms with Gasteiger partial charge in [-0.1, -0.05) is 41.4 Å². The zero-order valence-electron chi connectivity index (χ0n) is 13.7. The summed E-state index contributed by atoms with van der Waals surface area (Å²) in [5, 5.41) is 2.95. The quantitative estimate of drug-likeness (QED) is 0.669. The van der Waals surface area contributed by atoms with Crippen LogP contribution < -0.4 is 5.32 Å². The minimum absolute atomic E-state index is 0.130. The molecular weight excluding hydrogens is 339 g/mol. The van der Waals surface area contributed by atoms with Gasteiger partial charge in [-0.15, -0.1) is 0 Å². The van der Waals surface area contributed by atoms with Crippen LogP contribution in [-0.4, -0.2) is 10.5 Å². The van der Waals surface area contributed by atoms with Crippen LogP contribution in [0.25, 0.3) is 0 Å². The third-order valence-corrected chi connectivity index (χ3v) is 4.31. The number of benzene rings is 2. The number of carbonyl (C=O) groups is 1. The highest BCUT2D eigenvalue weighted by Gasteiger charge is 2.18. The molecule has 5 heteroatoms. The second-order valence-electron chi connectivity index (χ2n) is 5.94. The molecule has 0 fully saturated rings. The van der Waals surface area contributed by atoms with Gasteiger partial charge in [-0.2, -0.15) is 0 Å². The highest BCUT2D eigenvalue weighted by atomic mass is 35.5. The Morgan fingerprint density at radius 1 is 1.16 bits per heavy atom. The maximum absolute atomic E-state index is 13.1. The first-order valence-corrected chi connectivity index (χ1v) is 8.34. The average Bonchev–Trinajstić information content (AvgIpc) is 3.09. The fourth-order valence-electron chi connectivity index (χ4n) is 2.80. The molecule has 1 amide bonds. The van der Waals surface area contributed by atoms with Gasteiger partial charge in [0, 0.05) is 12.4 Å². The third-order valence-electron chi connectivity index (χ3n) is 4.00. The first kappa shape index (κ1) is 17.2. The number of aromatic nitrogens is 1. The Hall–Kier alpha value is -2.59. The maximum Gasteiger partial charge on any atom is 0.226 e. The van der Waals surface area contributed by atoms with Crippen molar-refractivity contribution < 1.29 is 9.18 Å². The van der Waals surface area contributed by atoms with Gasteiger partial charge in [0.15, 0.2) is 0 Å². The van der Waals surface area contributed by atoms with E-state index in [0.717, 1.165) is 11.1 Å². The normalized spacial score (nSPS) is 12.0. The molecule has 0 aliphatic heterocycles. The van der Waals surface area contributed by atoms with Crippen LogP contribution in [0.5, 0.6) is 0 Å². The van der Waals surface area contributed by atoms with Gasteiger partial charge in [-0.25, -0.2) is 4.39 Å². The second kappa shape index (κ2) is 7.53. The zero-order valence-corrected chi connectivity index (χ0v) is 14.5. The number of nitrogens with one attached hydrogen (secondary N) is 1. The molecule has 0 saturated carbocycles. The van der Waals surface area contributed by atoms with Gasteiger partial charge in [-0.05, 0) is 42.8 Å². The molecule has 0 radical (unpaired) electrons. The summed E-state index contributed by atoms with van der Waals surface area (Å²) in [5.41, 5.74) is 2.59. The van der Waals surface area contributed by atoms with E-state index in [9.17, 15) is 9.18 Å². The van der Waals surface area contributed by atoms with Gasteiger partial charge in [0.25, 0.3) is 0 Å². The summed E-state index contributed by atoms with van der Waals surface area (Å²) in [5.74, 6) is -0.623. The molecule has 0 aliphatic carbocycles. The highest BCUT2D eigenvalue weighted by Crippen LogP contribution is 2.26. The summed E-state index contributed by atoms with van der Waals surface area (Å²) < 4.78 is 15.1. The van der Waals surface area contributed by atoms with Crippen LogP contribution in [0.2, 0.25) is 5.02 Å². The van der Waals surface area contributed by atoms with Crippen molar-refractivity contribution in [3.63, 3.8) is 0 Å². The Morgan fingerprint density at radius 3 is 2.60 bits per heavy atom. The van der Waals surface area contributed by atoms with Crippen LogP contribution in [0, 0.1) is 12.7 Å². The van der Waals surface area contributed by atoms with E-state index in [-0.39, 0.29) is 23.4 Å². The fraction of sp³-hybridized carbons (Fsp3) is 0.150. The van der Waals surface area contributed by atoms with Gasteiger partial charge in [-0.3, -0.25) is 4.79 Å². The smallest absolute Gasteiger partial charge is 0.226 e. The standard InChI is InChI=1S/C20H18ClFN2O/c1-14-5-4-6-15(11-14)19(24-9-2-3-10-24)13-20(25)23-18-8-7-16(22)12-17(18)21/h2-12,19H,13H2,1H3,(H,23,25)/t19-/m0/s1. The van der Waals surface area contributed by atoms with E-state index >= 15 is 0 Å². The van der Waals surface area contributed by atoms with E-state index in [0.29, 0.717) is 5.69 Å². The van der Waals surface area contributed by atoms with Gasteiger partial charge in [0.05, 0.1) is 23.2 Å². The molecule has 3 rings (SSSR count). The summed E-state index contributed by atoms with van der Waals surface area (Å²) in [7, 11) is 0. The average molecular weight is 357 g/mol. The number of hydrogen-bond donors (Lipinski definition) is 1. The van der Waals surface area contributed by atoms with Crippen LogP contribution in [0.3, 0.4) is 0 Å². The van der Waals surface area contributed by atoms with Crippen molar-refractivity contribution in [2.45, 2.75) is 19.4 Å². The topological polar surface area (TPSA) is 34.0 Å². The molecule has 1 aromatic heterocycles. The lowest BCUT2D eigenvalue weighted by atomic mass is 10.0. The van der Waals surface area contributed by atoms with Gasteiger partial charge < -0.3 is 9.88 Å². The Bertz CT molecular complexity index is 877. The molecule has 25 heavy (non-hydrogen) atoms. The van der Waals surface area contributed by atoms with Crippen LogP contribution in [0.1, 0.15) is 23.6 Å². The number of halogens is 2. The number of nitrogens with zero attached hydrogens (tertiary/aromatic N) is 1. The van der Waals surface area contributed by atoms with E-state index in [1.165, 1.54) is 18.2 Å². The lowest BCUT2D eigenvalue weighted by Crippen LogP contribution is -2.20. The number of rotatable bonds is 5. The molecule has 1 N–H and O–H groups in total. The van der Waals surface area contributed by atoms with Gasteiger partial charge in [0.1, 0.15) is 5.82 Å². The van der Waals surface area contributed by atoms with Crippen molar-refractivity contribution in [1.82, 2.24) is 4.57 Å². The largest absolute Gasteiger partial charge is 0.346 e. The number of anilines is 1. The summed E-state index contributed by atoms with van der Waals surface area (Å²) in [6.45, 7) is 2.02. The molecule has 1 atom stereocenters. The molecule has 1 heterocycles. The molecule has 0 bridgehead atoms. The first-order chi connectivity index (χ1) is 12.0. The molecule has 0 spiro atoms. The van der Waals surface area contributed by atoms with Crippen molar-refractivity contribution >= 4 is 23.2 Å². The van der Waals surface area contributed by atoms with Crippen molar-refractivity contribution in [3.05, 3.63) is 89.0 Å². The third kappa shape index (κ3) is 4.28. The lowest BCUT2D eigenvalue weighted by Gasteiger charge is -2.20. The molecule has 3 nitrogen and oxygen atoms in total. The SMILES string of the molecule is Cc1cccc([C@H](CC(=O)Nc2ccc(F)cc2Cl)n2cccc2)c1. The van der Waals surface area contributed by atoms with E-state index in [1.807, 2.05) is 54.2 Å². The van der Waals surface area contributed by atoms with E-state index in [2.05, 4.69) is 11.4 Å². The van der Waals surface area contributed by atoms with E-state index in [4.69, 9.17) is 11.6 Å². The second-order valence-corrected chi connectivity index (χ2v) is 6.34. The lowest BCUT2D eigenvalue weighted by molar-refractivity contribution is -0.116. The number of aryl methyl sites for hydroxylation is 1. The van der Waals surface area contributed by atoms with Crippen LogP contribution in [0.15, 0.2) is 67.0 Å². The predicted octanol–water partition coefficient (Wildman–Crippen LogP) is 5.21. The predicted molar refractivity (Wildman–Crippen MR) is 98.4 cm³/mol. The van der Waals surface area contributed by atoms with Crippen molar-refractivity contribution in [1.29, 1.82) is 0 Å². The minimum Gasteiger partial charge on any atom is -0.346 e. The maximum atomic E-state index is 13.1. The number of hydrogen-bond acceptors (Lipinski definition) is 1. The summed E-state index contributed by atoms with van der Waals surface area (Å²) >= 11 is 5.99. The van der Waals surface area contributed by atoms with Crippen LogP contribution in [-0.2, 0) is 4.79 Å².